The lowest BCUT2D eigenvalue weighted by molar-refractivity contribution is -0.120. The predicted molar refractivity (Wildman–Crippen MR) is 122 cm³/mol. The third-order valence-corrected chi connectivity index (χ3v) is 5.33. The van der Waals surface area contributed by atoms with Crippen LogP contribution in [0.2, 0.25) is 5.02 Å². The van der Waals surface area contributed by atoms with E-state index in [0.29, 0.717) is 28.3 Å². The Morgan fingerprint density at radius 2 is 1.63 bits per heavy atom. The summed E-state index contributed by atoms with van der Waals surface area (Å²) in [5.74, 6) is -2.13. The van der Waals surface area contributed by atoms with Gasteiger partial charge < -0.3 is 20.5 Å². The van der Waals surface area contributed by atoms with E-state index in [1.54, 1.807) is 36.4 Å². The number of aromatic nitrogens is 1. The van der Waals surface area contributed by atoms with Crippen molar-refractivity contribution in [1.29, 1.82) is 0 Å². The van der Waals surface area contributed by atoms with Crippen molar-refractivity contribution in [2.75, 3.05) is 6.54 Å². The molecule has 3 N–H and O–H groups in total. The molecule has 0 aliphatic rings. The maximum atomic E-state index is 12.9. The number of alkyl halides is 4. The number of hydrogen-bond acceptors (Lipinski definition) is 5. The zero-order valence-electron chi connectivity index (χ0n) is 18.2. The van der Waals surface area contributed by atoms with E-state index in [0.717, 1.165) is 6.07 Å². The highest BCUT2D eigenvalue weighted by molar-refractivity contribution is 6.30. The second kappa shape index (κ2) is 12.4. The molecule has 2 unspecified atom stereocenters. The maximum absolute atomic E-state index is 12.9. The molecule has 0 bridgehead atoms. The van der Waals surface area contributed by atoms with E-state index in [1.165, 1.54) is 18.3 Å². The van der Waals surface area contributed by atoms with Crippen LogP contribution < -0.4 is 20.5 Å². The van der Waals surface area contributed by atoms with Crippen molar-refractivity contribution in [3.05, 3.63) is 88.7 Å². The summed E-state index contributed by atoms with van der Waals surface area (Å²) in [4.78, 5) is 16.3. The summed E-state index contributed by atoms with van der Waals surface area (Å²) < 4.78 is 60.0. The van der Waals surface area contributed by atoms with E-state index in [9.17, 15) is 22.4 Å². The minimum absolute atomic E-state index is 0.276. The first-order chi connectivity index (χ1) is 16.7. The Bertz CT molecular complexity index is 1100. The van der Waals surface area contributed by atoms with Gasteiger partial charge in [0.05, 0.1) is 5.02 Å². The molecule has 0 radical (unpaired) electrons. The Kier molecular flexibility index (Phi) is 9.27. The SMILES string of the molecule is NC(=O)C(NCCC(c1ccc(OC(F)F)c(OC(F)F)c1)c1ccc(Cl)cn1)c1ccccc1. The fourth-order valence-corrected chi connectivity index (χ4v) is 3.71. The molecule has 6 nitrogen and oxygen atoms in total. The summed E-state index contributed by atoms with van der Waals surface area (Å²) in [5, 5.41) is 3.49. The van der Waals surface area contributed by atoms with Crippen molar-refractivity contribution in [3.63, 3.8) is 0 Å². The van der Waals surface area contributed by atoms with Crippen molar-refractivity contribution in [2.45, 2.75) is 31.6 Å². The van der Waals surface area contributed by atoms with Gasteiger partial charge in [-0.15, -0.1) is 0 Å². The van der Waals surface area contributed by atoms with Gasteiger partial charge in [-0.05, 0) is 48.4 Å². The minimum Gasteiger partial charge on any atom is -0.431 e. The predicted octanol–water partition coefficient (Wildman–Crippen LogP) is 5.28. The third kappa shape index (κ3) is 7.56. The van der Waals surface area contributed by atoms with Crippen molar-refractivity contribution in [3.8, 4) is 11.5 Å². The first kappa shape index (κ1) is 26.2. The molecule has 0 aliphatic heterocycles. The van der Waals surface area contributed by atoms with Crippen LogP contribution in [0, 0.1) is 0 Å². The third-order valence-electron chi connectivity index (χ3n) is 5.11. The van der Waals surface area contributed by atoms with Crippen LogP contribution in [0.25, 0.3) is 0 Å². The molecule has 11 heteroatoms. The van der Waals surface area contributed by atoms with E-state index >= 15 is 0 Å². The highest BCUT2D eigenvalue weighted by Crippen LogP contribution is 2.36. The first-order valence-electron chi connectivity index (χ1n) is 10.5. The summed E-state index contributed by atoms with van der Waals surface area (Å²) in [6, 6.07) is 15.2. The van der Waals surface area contributed by atoms with E-state index in [4.69, 9.17) is 17.3 Å². The number of hydrogen-bond donors (Lipinski definition) is 2. The molecule has 35 heavy (non-hydrogen) atoms. The molecule has 0 saturated heterocycles. The quantitative estimate of drug-likeness (QED) is 0.323. The summed E-state index contributed by atoms with van der Waals surface area (Å²) in [6.07, 6.45) is 1.77. The lowest BCUT2D eigenvalue weighted by atomic mass is 9.91. The Balaban J connectivity index is 1.89. The summed E-state index contributed by atoms with van der Waals surface area (Å²) in [6.45, 7) is -6.19. The molecular weight excluding hydrogens is 490 g/mol. The largest absolute Gasteiger partial charge is 0.431 e. The molecule has 3 rings (SSSR count). The Morgan fingerprint density at radius 1 is 0.943 bits per heavy atom. The standard InChI is InChI=1S/C24H22ClF4N3O3/c25-16-7-8-18(32-13-16)17(10-11-31-21(22(30)33)14-4-2-1-3-5-14)15-6-9-19(34-23(26)27)20(12-15)35-24(28)29/h1-9,12-13,17,21,23-24,31H,10-11H2,(H2,30,33). The number of pyridine rings is 1. The number of ether oxygens (including phenoxy) is 2. The Labute approximate surface area is 204 Å². The summed E-state index contributed by atoms with van der Waals surface area (Å²) >= 11 is 5.95. The van der Waals surface area contributed by atoms with Crippen molar-refractivity contribution in [1.82, 2.24) is 10.3 Å². The molecule has 2 atom stereocenters. The van der Waals surface area contributed by atoms with Crippen LogP contribution in [-0.2, 0) is 4.79 Å². The fraction of sp³-hybridized carbons (Fsp3) is 0.250. The molecule has 0 aliphatic carbocycles. The van der Waals surface area contributed by atoms with Crippen LogP contribution in [0.15, 0.2) is 66.9 Å². The van der Waals surface area contributed by atoms with Gasteiger partial charge in [0, 0.05) is 17.8 Å². The smallest absolute Gasteiger partial charge is 0.387 e. The van der Waals surface area contributed by atoms with E-state index in [1.807, 2.05) is 6.07 Å². The Hall–Kier alpha value is -3.37. The topological polar surface area (TPSA) is 86.5 Å². The highest BCUT2D eigenvalue weighted by Gasteiger charge is 2.23. The number of nitrogens with zero attached hydrogens (tertiary/aromatic N) is 1. The molecule has 1 amide bonds. The fourth-order valence-electron chi connectivity index (χ4n) is 3.60. The number of carbonyl (C=O) groups excluding carboxylic acids is 1. The zero-order chi connectivity index (χ0) is 25.4. The molecule has 1 aromatic heterocycles. The molecule has 0 saturated carbocycles. The zero-order valence-corrected chi connectivity index (χ0v) is 19.0. The molecule has 186 valence electrons. The van der Waals surface area contributed by atoms with Gasteiger partial charge in [-0.25, -0.2) is 0 Å². The average molecular weight is 512 g/mol. The number of rotatable bonds is 12. The van der Waals surface area contributed by atoms with Gasteiger partial charge >= 0.3 is 13.2 Å². The number of carbonyl (C=O) groups is 1. The number of benzene rings is 2. The van der Waals surface area contributed by atoms with E-state index in [-0.39, 0.29) is 6.54 Å². The molecule has 2 aromatic carbocycles. The molecular formula is C24H22ClF4N3O3. The van der Waals surface area contributed by atoms with Crippen LogP contribution >= 0.6 is 11.6 Å². The van der Waals surface area contributed by atoms with Gasteiger partial charge in [0.2, 0.25) is 5.91 Å². The van der Waals surface area contributed by atoms with E-state index in [2.05, 4.69) is 19.8 Å². The van der Waals surface area contributed by atoms with Gasteiger partial charge in [0.25, 0.3) is 0 Å². The lowest BCUT2D eigenvalue weighted by Crippen LogP contribution is -2.34. The van der Waals surface area contributed by atoms with Crippen LogP contribution in [-0.4, -0.2) is 30.7 Å². The van der Waals surface area contributed by atoms with Crippen LogP contribution in [0.4, 0.5) is 17.6 Å². The monoisotopic (exact) mass is 511 g/mol. The number of primary amides is 1. The molecule has 0 spiro atoms. The highest BCUT2D eigenvalue weighted by atomic mass is 35.5. The van der Waals surface area contributed by atoms with E-state index < -0.39 is 42.6 Å². The molecule has 0 fully saturated rings. The average Bonchev–Trinajstić information content (AvgIpc) is 2.81. The van der Waals surface area contributed by atoms with Crippen molar-refractivity contribution in [2.24, 2.45) is 5.73 Å². The van der Waals surface area contributed by atoms with Crippen LogP contribution in [0.3, 0.4) is 0 Å². The van der Waals surface area contributed by atoms with Gasteiger partial charge in [0.15, 0.2) is 11.5 Å². The van der Waals surface area contributed by atoms with Crippen LogP contribution in [0.1, 0.15) is 35.2 Å². The minimum atomic E-state index is -3.25. The van der Waals surface area contributed by atoms with Gasteiger partial charge in [-0.1, -0.05) is 48.0 Å². The second-order valence-electron chi connectivity index (χ2n) is 7.41. The summed E-state index contributed by atoms with van der Waals surface area (Å²) in [5.41, 5.74) is 7.23. The number of halogens is 5. The van der Waals surface area contributed by atoms with Gasteiger partial charge in [-0.2, -0.15) is 17.6 Å². The first-order valence-corrected chi connectivity index (χ1v) is 10.8. The van der Waals surface area contributed by atoms with Gasteiger partial charge in [-0.3, -0.25) is 9.78 Å². The normalized spacial score (nSPS) is 13.0. The molecule has 1 heterocycles. The maximum Gasteiger partial charge on any atom is 0.387 e. The lowest BCUT2D eigenvalue weighted by Gasteiger charge is -2.22. The number of nitrogens with two attached hydrogens (primary N) is 1. The summed E-state index contributed by atoms with van der Waals surface area (Å²) in [7, 11) is 0. The van der Waals surface area contributed by atoms with Gasteiger partial charge in [0.1, 0.15) is 6.04 Å². The van der Waals surface area contributed by atoms with Crippen molar-refractivity contribution < 1.29 is 31.8 Å². The second-order valence-corrected chi connectivity index (χ2v) is 7.84. The number of amides is 1. The Morgan fingerprint density at radius 3 is 2.23 bits per heavy atom. The number of nitrogens with one attached hydrogen (secondary N) is 1. The molecule has 3 aromatic rings. The van der Waals surface area contributed by atoms with Crippen molar-refractivity contribution >= 4 is 17.5 Å². The van der Waals surface area contributed by atoms with Crippen LogP contribution in [0.5, 0.6) is 11.5 Å².